The number of nitrogens with one attached hydrogen (secondary N) is 2. The number of ether oxygens (including phenoxy) is 2. The summed E-state index contributed by atoms with van der Waals surface area (Å²) in [7, 11) is 0. The largest absolute Gasteiger partial charge is 0.489 e. The van der Waals surface area contributed by atoms with Gasteiger partial charge in [-0.25, -0.2) is 5.43 Å². The summed E-state index contributed by atoms with van der Waals surface area (Å²) < 4.78 is 11.1. The fourth-order valence-corrected chi connectivity index (χ4v) is 2.99. The van der Waals surface area contributed by atoms with Crippen molar-refractivity contribution in [1.29, 1.82) is 0 Å². The molecule has 1 amide bonds. The van der Waals surface area contributed by atoms with Gasteiger partial charge in [-0.3, -0.25) is 4.79 Å². The first kappa shape index (κ1) is 16.3. The molecule has 2 aliphatic rings. The molecule has 1 aromatic rings. The Bertz CT molecular complexity index is 557. The lowest BCUT2D eigenvalue weighted by molar-refractivity contribution is -0.900. The van der Waals surface area contributed by atoms with Crippen LogP contribution < -0.4 is 15.1 Å². The van der Waals surface area contributed by atoms with Crippen LogP contribution in [-0.2, 0) is 9.53 Å². The van der Waals surface area contributed by atoms with E-state index < -0.39 is 0 Å². The molecule has 1 aromatic carbocycles. The molecule has 0 atom stereocenters. The number of rotatable bonds is 6. The molecule has 124 valence electrons. The van der Waals surface area contributed by atoms with Gasteiger partial charge in [-0.2, -0.15) is 16.9 Å². The van der Waals surface area contributed by atoms with Gasteiger partial charge in [0.2, 0.25) is 0 Å². The second-order valence-electron chi connectivity index (χ2n) is 5.68. The highest BCUT2D eigenvalue weighted by Gasteiger charge is 2.19. The third-order valence-electron chi connectivity index (χ3n) is 3.78. The fourth-order valence-electron chi connectivity index (χ4n) is 2.42. The monoisotopic (exact) mass is 336 g/mol. The molecule has 2 heterocycles. The number of hydrogen-bond donors (Lipinski definition) is 2. The summed E-state index contributed by atoms with van der Waals surface area (Å²) in [6.45, 7) is 3.62. The predicted molar refractivity (Wildman–Crippen MR) is 90.3 cm³/mol. The van der Waals surface area contributed by atoms with E-state index in [1.165, 1.54) is 4.90 Å². The van der Waals surface area contributed by atoms with Crippen molar-refractivity contribution in [2.24, 2.45) is 5.10 Å². The molecule has 7 heteroatoms. The maximum absolute atomic E-state index is 11.8. The summed E-state index contributed by atoms with van der Waals surface area (Å²) in [6.07, 6.45) is 1.97. The Labute approximate surface area is 140 Å². The molecule has 0 aromatic heterocycles. The van der Waals surface area contributed by atoms with Gasteiger partial charge in [-0.05, 0) is 17.7 Å². The van der Waals surface area contributed by atoms with Crippen molar-refractivity contribution in [2.45, 2.75) is 6.10 Å². The molecule has 6 nitrogen and oxygen atoms in total. The fraction of sp³-hybridized carbons (Fsp3) is 0.500. The van der Waals surface area contributed by atoms with Crippen LogP contribution in [0.2, 0.25) is 0 Å². The van der Waals surface area contributed by atoms with Gasteiger partial charge in [-0.1, -0.05) is 12.1 Å². The Kier molecular flexibility index (Phi) is 5.90. The molecule has 2 fully saturated rings. The predicted octanol–water partition coefficient (Wildman–Crippen LogP) is -0.454. The summed E-state index contributed by atoms with van der Waals surface area (Å²) in [6, 6.07) is 7.75. The Hall–Kier alpha value is -1.57. The molecule has 0 spiro atoms. The number of amides is 1. The van der Waals surface area contributed by atoms with E-state index in [1.807, 2.05) is 36.0 Å². The molecule has 0 radical (unpaired) electrons. The third-order valence-corrected chi connectivity index (χ3v) is 5.00. The smallest absolute Gasteiger partial charge is 0.295 e. The average molecular weight is 336 g/mol. The first-order valence-corrected chi connectivity index (χ1v) is 9.03. The summed E-state index contributed by atoms with van der Waals surface area (Å²) in [5.41, 5.74) is 3.50. The van der Waals surface area contributed by atoms with Crippen LogP contribution in [0.25, 0.3) is 0 Å². The highest BCUT2D eigenvalue weighted by atomic mass is 32.2. The van der Waals surface area contributed by atoms with Gasteiger partial charge in [0.1, 0.15) is 24.9 Å². The van der Waals surface area contributed by atoms with E-state index in [-0.39, 0.29) is 5.91 Å². The molecule has 23 heavy (non-hydrogen) atoms. The molecule has 0 bridgehead atoms. The molecule has 0 saturated carbocycles. The maximum atomic E-state index is 11.8. The van der Waals surface area contributed by atoms with E-state index >= 15 is 0 Å². The zero-order valence-electron chi connectivity index (χ0n) is 13.0. The number of hydrazone groups is 1. The third kappa shape index (κ3) is 5.23. The minimum Gasteiger partial charge on any atom is -0.489 e. The number of benzene rings is 1. The number of nitrogens with zero attached hydrogens (tertiary/aromatic N) is 1. The topological polar surface area (TPSA) is 64.4 Å². The van der Waals surface area contributed by atoms with Crippen LogP contribution in [0.4, 0.5) is 0 Å². The standard InChI is InChI=1S/C16H21N3O3S/c20-16(10-19-4-6-21-7-5-19)18-17-9-13-2-1-3-14(8-13)22-15-11-23-12-15/h1-3,8-9,15H,4-7,10-12H2,(H,18,20)/p+1/b17-9-. The molecule has 2 saturated heterocycles. The quantitative estimate of drug-likeness (QED) is 0.545. The van der Waals surface area contributed by atoms with Crippen molar-refractivity contribution in [3.05, 3.63) is 29.8 Å². The van der Waals surface area contributed by atoms with E-state index in [0.717, 1.165) is 49.1 Å². The first-order chi connectivity index (χ1) is 11.3. The van der Waals surface area contributed by atoms with Gasteiger partial charge in [0, 0.05) is 11.5 Å². The van der Waals surface area contributed by atoms with Gasteiger partial charge in [-0.15, -0.1) is 0 Å². The van der Waals surface area contributed by atoms with Gasteiger partial charge >= 0.3 is 0 Å². The molecule has 3 rings (SSSR count). The molecule has 2 N–H and O–H groups in total. The van der Waals surface area contributed by atoms with Crippen LogP contribution in [-0.4, -0.2) is 62.6 Å². The summed E-state index contributed by atoms with van der Waals surface area (Å²) >= 11 is 1.89. The lowest BCUT2D eigenvalue weighted by atomic mass is 10.2. The Morgan fingerprint density at radius 3 is 3.00 bits per heavy atom. The van der Waals surface area contributed by atoms with Crippen molar-refractivity contribution in [1.82, 2.24) is 5.43 Å². The van der Waals surface area contributed by atoms with Crippen LogP contribution >= 0.6 is 11.8 Å². The van der Waals surface area contributed by atoms with E-state index in [4.69, 9.17) is 9.47 Å². The molecule has 0 aliphatic carbocycles. The van der Waals surface area contributed by atoms with Crippen molar-refractivity contribution in [3.63, 3.8) is 0 Å². The Balaban J connectivity index is 1.45. The van der Waals surface area contributed by atoms with Crippen LogP contribution in [0.1, 0.15) is 5.56 Å². The Morgan fingerprint density at radius 2 is 2.26 bits per heavy atom. The van der Waals surface area contributed by atoms with Crippen molar-refractivity contribution < 1.29 is 19.2 Å². The number of carbonyl (C=O) groups excluding carboxylic acids is 1. The summed E-state index contributed by atoms with van der Waals surface area (Å²) in [5, 5.41) is 4.03. The molecular formula is C16H22N3O3S+. The second-order valence-corrected chi connectivity index (χ2v) is 6.76. The highest BCUT2D eigenvalue weighted by molar-refractivity contribution is 8.00. The van der Waals surface area contributed by atoms with E-state index in [9.17, 15) is 4.79 Å². The van der Waals surface area contributed by atoms with Crippen LogP contribution in [0.15, 0.2) is 29.4 Å². The van der Waals surface area contributed by atoms with Crippen LogP contribution in [0.5, 0.6) is 5.75 Å². The normalized spacial score (nSPS) is 19.5. The number of thioether (sulfide) groups is 1. The van der Waals surface area contributed by atoms with Gasteiger partial charge in [0.15, 0.2) is 6.54 Å². The van der Waals surface area contributed by atoms with Crippen molar-refractivity contribution >= 4 is 23.9 Å². The second kappa shape index (κ2) is 8.33. The number of quaternary nitrogens is 1. The Morgan fingerprint density at radius 1 is 1.43 bits per heavy atom. The lowest BCUT2D eigenvalue weighted by Gasteiger charge is -2.25. The molecule has 0 unspecified atom stereocenters. The van der Waals surface area contributed by atoms with E-state index in [2.05, 4.69) is 10.5 Å². The van der Waals surface area contributed by atoms with Gasteiger partial charge in [0.25, 0.3) is 5.91 Å². The minimum absolute atomic E-state index is 0.0722. The van der Waals surface area contributed by atoms with Crippen molar-refractivity contribution in [2.75, 3.05) is 44.4 Å². The van der Waals surface area contributed by atoms with Crippen LogP contribution in [0, 0.1) is 0 Å². The first-order valence-electron chi connectivity index (χ1n) is 7.87. The number of hydrogen-bond acceptors (Lipinski definition) is 5. The summed E-state index contributed by atoms with van der Waals surface area (Å²) in [5.74, 6) is 2.89. The number of morpholine rings is 1. The number of carbonyl (C=O) groups is 1. The van der Waals surface area contributed by atoms with Crippen LogP contribution in [0.3, 0.4) is 0 Å². The van der Waals surface area contributed by atoms with Gasteiger partial charge < -0.3 is 14.4 Å². The van der Waals surface area contributed by atoms with Gasteiger partial charge in [0.05, 0.1) is 19.4 Å². The van der Waals surface area contributed by atoms with E-state index in [1.54, 1.807) is 6.21 Å². The van der Waals surface area contributed by atoms with Crippen molar-refractivity contribution in [3.8, 4) is 5.75 Å². The average Bonchev–Trinajstić information content (AvgIpc) is 2.52. The molecular weight excluding hydrogens is 314 g/mol. The lowest BCUT2D eigenvalue weighted by Crippen LogP contribution is -3.15. The molecule has 2 aliphatic heterocycles. The van der Waals surface area contributed by atoms with E-state index in [0.29, 0.717) is 12.6 Å². The minimum atomic E-state index is -0.0722. The zero-order chi connectivity index (χ0) is 15.9. The highest BCUT2D eigenvalue weighted by Crippen LogP contribution is 2.24. The summed E-state index contributed by atoms with van der Waals surface area (Å²) in [4.78, 5) is 13.1. The zero-order valence-corrected chi connectivity index (χ0v) is 13.8. The SMILES string of the molecule is O=C(C[NH+]1CCOCC1)N/N=C\c1cccc(OC2CSC2)c1. The maximum Gasteiger partial charge on any atom is 0.295 e.